The second-order valence-corrected chi connectivity index (χ2v) is 11.9. The van der Waals surface area contributed by atoms with E-state index in [1.807, 2.05) is 103 Å². The number of fused-ring (bicyclic) bond motifs is 6. The van der Waals surface area contributed by atoms with Crippen molar-refractivity contribution in [1.82, 2.24) is 19.5 Å². The molecule has 9 aromatic rings. The first kappa shape index (κ1) is 28.4. The van der Waals surface area contributed by atoms with Gasteiger partial charge < -0.3 is 8.98 Å². The number of furan rings is 1. The van der Waals surface area contributed by atoms with Gasteiger partial charge in [-0.2, -0.15) is 0 Å². The molecule has 9 rings (SSSR count). The topological polar surface area (TPSA) is 56.7 Å². The molecule has 0 aliphatic carbocycles. The van der Waals surface area contributed by atoms with Crippen LogP contribution >= 0.6 is 0 Å². The molecule has 0 aliphatic heterocycles. The summed E-state index contributed by atoms with van der Waals surface area (Å²) in [5, 5.41) is 3.65. The Morgan fingerprint density at radius 3 is 1.54 bits per heavy atom. The molecule has 8 radical (unpaired) electrons. The summed E-state index contributed by atoms with van der Waals surface area (Å²) in [5.41, 5.74) is 8.81. The van der Waals surface area contributed by atoms with Crippen molar-refractivity contribution in [2.75, 3.05) is 0 Å². The molecular weight excluding hydrogens is 584 g/mol. The standard InChI is InChI=1S/C39H20B4N4O/c40-24-16-29-30-17-25(41)19-32(43)36(30)47(35(29)31(42)18-24)26-12-14-33-28(20-26)27-13-11-23(15-34(27)48-33)39-45-37(21-7-3-1-4-8-21)44-38(46-39)22-9-5-2-6-10-22/h1-20H. The van der Waals surface area contributed by atoms with Crippen LogP contribution in [-0.2, 0) is 0 Å². The zero-order chi connectivity index (χ0) is 32.5. The summed E-state index contributed by atoms with van der Waals surface area (Å²) in [7, 11) is 25.6. The molecule has 9 heteroatoms. The molecule has 5 nitrogen and oxygen atoms in total. The van der Waals surface area contributed by atoms with Gasteiger partial charge in [0.2, 0.25) is 0 Å². The van der Waals surface area contributed by atoms with E-state index in [9.17, 15) is 0 Å². The monoisotopic (exact) mass is 604 g/mol. The van der Waals surface area contributed by atoms with Crippen LogP contribution in [0.4, 0.5) is 0 Å². The summed E-state index contributed by atoms with van der Waals surface area (Å²) in [6.45, 7) is 0. The van der Waals surface area contributed by atoms with Gasteiger partial charge >= 0.3 is 0 Å². The number of benzene rings is 6. The highest BCUT2D eigenvalue weighted by molar-refractivity contribution is 6.47. The Bertz CT molecular complexity index is 2600. The fraction of sp³-hybridized carbons (Fsp3) is 0. The van der Waals surface area contributed by atoms with E-state index >= 15 is 0 Å². The normalized spacial score (nSPS) is 11.7. The predicted molar refractivity (Wildman–Crippen MR) is 199 cm³/mol. The summed E-state index contributed by atoms with van der Waals surface area (Å²) in [6, 6.07) is 39.3. The van der Waals surface area contributed by atoms with E-state index in [0.29, 0.717) is 44.9 Å². The fourth-order valence-electron chi connectivity index (χ4n) is 6.62. The van der Waals surface area contributed by atoms with Crippen LogP contribution in [0.5, 0.6) is 0 Å². The van der Waals surface area contributed by atoms with E-state index < -0.39 is 0 Å². The molecule has 0 saturated carbocycles. The molecule has 0 N–H and O–H groups in total. The van der Waals surface area contributed by atoms with Gasteiger partial charge in [-0.05, 0) is 30.3 Å². The molecule has 0 saturated heterocycles. The summed E-state index contributed by atoms with van der Waals surface area (Å²) < 4.78 is 8.48. The van der Waals surface area contributed by atoms with Gasteiger partial charge in [0.1, 0.15) is 42.6 Å². The lowest BCUT2D eigenvalue weighted by Gasteiger charge is -2.12. The van der Waals surface area contributed by atoms with Gasteiger partial charge in [-0.15, -0.1) is 0 Å². The number of hydrogen-bond acceptors (Lipinski definition) is 4. The molecule has 0 aliphatic rings. The van der Waals surface area contributed by atoms with Crippen molar-refractivity contribution in [3.8, 4) is 39.9 Å². The highest BCUT2D eigenvalue weighted by Crippen LogP contribution is 2.36. The molecule has 48 heavy (non-hydrogen) atoms. The predicted octanol–water partition coefficient (Wildman–Crippen LogP) is 5.04. The maximum absolute atomic E-state index is 6.59. The molecule has 0 unspecified atom stereocenters. The molecule has 6 aromatic carbocycles. The lowest BCUT2D eigenvalue weighted by molar-refractivity contribution is 0.669. The Morgan fingerprint density at radius 1 is 0.438 bits per heavy atom. The minimum atomic E-state index is 0.544. The van der Waals surface area contributed by atoms with Gasteiger partial charge in [-0.25, -0.2) is 15.0 Å². The lowest BCUT2D eigenvalue weighted by Crippen LogP contribution is -2.18. The van der Waals surface area contributed by atoms with Crippen molar-refractivity contribution >= 4 is 97.0 Å². The number of rotatable bonds is 4. The zero-order valence-corrected chi connectivity index (χ0v) is 25.6. The van der Waals surface area contributed by atoms with Gasteiger partial charge in [-0.1, -0.05) is 113 Å². The van der Waals surface area contributed by atoms with Crippen LogP contribution in [0.15, 0.2) is 126 Å². The molecule has 0 amide bonds. The van der Waals surface area contributed by atoms with Gasteiger partial charge in [0.05, 0.1) is 0 Å². The van der Waals surface area contributed by atoms with Crippen molar-refractivity contribution in [1.29, 1.82) is 0 Å². The molecule has 3 aromatic heterocycles. The molecule has 0 atom stereocenters. The smallest absolute Gasteiger partial charge is 0.164 e. The first-order chi connectivity index (χ1) is 23.4. The Morgan fingerprint density at radius 2 is 0.979 bits per heavy atom. The van der Waals surface area contributed by atoms with Gasteiger partial charge in [0.15, 0.2) is 17.5 Å². The maximum Gasteiger partial charge on any atom is 0.164 e. The Labute approximate surface area is 281 Å². The van der Waals surface area contributed by atoms with E-state index in [1.165, 1.54) is 0 Å². The lowest BCUT2D eigenvalue weighted by atomic mass is 9.83. The van der Waals surface area contributed by atoms with Crippen LogP contribution in [0.1, 0.15) is 0 Å². The van der Waals surface area contributed by atoms with Gasteiger partial charge in [-0.3, -0.25) is 0 Å². The third-order valence-electron chi connectivity index (χ3n) is 8.73. The van der Waals surface area contributed by atoms with Gasteiger partial charge in [0.25, 0.3) is 0 Å². The Balaban J connectivity index is 1.22. The largest absolute Gasteiger partial charge is 0.456 e. The summed E-state index contributed by atoms with van der Waals surface area (Å²) in [4.78, 5) is 14.6. The average molecular weight is 604 g/mol. The molecule has 3 heterocycles. The highest BCUT2D eigenvalue weighted by Gasteiger charge is 2.19. The summed E-state index contributed by atoms with van der Waals surface area (Å²) in [5.74, 6) is 1.75. The zero-order valence-electron chi connectivity index (χ0n) is 25.6. The second kappa shape index (κ2) is 10.9. The Hall–Kier alpha value is -5.81. The first-order valence-electron chi connectivity index (χ1n) is 15.4. The molecule has 0 bridgehead atoms. The third-order valence-corrected chi connectivity index (χ3v) is 8.73. The van der Waals surface area contributed by atoms with E-state index in [0.717, 1.165) is 60.5 Å². The van der Waals surface area contributed by atoms with Crippen LogP contribution in [0, 0.1) is 0 Å². The van der Waals surface area contributed by atoms with Gasteiger partial charge in [0, 0.05) is 55.0 Å². The van der Waals surface area contributed by atoms with Crippen LogP contribution in [0.2, 0.25) is 0 Å². The quantitative estimate of drug-likeness (QED) is 0.265. The van der Waals surface area contributed by atoms with Crippen LogP contribution in [-0.4, -0.2) is 50.9 Å². The van der Waals surface area contributed by atoms with Crippen LogP contribution in [0.3, 0.4) is 0 Å². The molecule has 0 fully saturated rings. The third kappa shape index (κ3) is 4.57. The van der Waals surface area contributed by atoms with Crippen LogP contribution in [0.25, 0.3) is 83.6 Å². The van der Waals surface area contributed by atoms with Crippen molar-refractivity contribution in [2.24, 2.45) is 0 Å². The van der Waals surface area contributed by atoms with Crippen molar-refractivity contribution in [3.05, 3.63) is 121 Å². The molecule has 0 spiro atoms. The number of nitrogens with zero attached hydrogens (tertiary/aromatic N) is 4. The average Bonchev–Trinajstić information content (AvgIpc) is 3.64. The highest BCUT2D eigenvalue weighted by atomic mass is 16.3. The Kier molecular flexibility index (Phi) is 6.44. The van der Waals surface area contributed by atoms with E-state index in [2.05, 4.69) is 10.6 Å². The minimum Gasteiger partial charge on any atom is -0.456 e. The fourth-order valence-corrected chi connectivity index (χ4v) is 6.62. The minimum absolute atomic E-state index is 0.544. The van der Waals surface area contributed by atoms with E-state index in [1.54, 1.807) is 12.1 Å². The second-order valence-electron chi connectivity index (χ2n) is 11.9. The number of aromatic nitrogens is 4. The summed E-state index contributed by atoms with van der Waals surface area (Å²) in [6.07, 6.45) is 0. The van der Waals surface area contributed by atoms with E-state index in [-0.39, 0.29) is 0 Å². The number of hydrogen-bond donors (Lipinski definition) is 0. The van der Waals surface area contributed by atoms with Crippen molar-refractivity contribution in [3.63, 3.8) is 0 Å². The molecule has 214 valence electrons. The van der Waals surface area contributed by atoms with Crippen molar-refractivity contribution in [2.45, 2.75) is 0 Å². The maximum atomic E-state index is 6.59. The summed E-state index contributed by atoms with van der Waals surface area (Å²) >= 11 is 0. The molecular formula is C39H20B4N4O. The first-order valence-corrected chi connectivity index (χ1v) is 15.4. The van der Waals surface area contributed by atoms with Crippen molar-refractivity contribution < 1.29 is 4.42 Å². The SMILES string of the molecule is [B]c1cc([B])c2c(c1)c1cc([B])cc([B])c1n2-c1ccc2oc3cc(-c4nc(-c5ccccc5)nc(-c5ccccc5)n4)ccc3c2c1. The van der Waals surface area contributed by atoms with Crippen LogP contribution < -0.4 is 21.9 Å². The van der Waals surface area contributed by atoms with E-state index in [4.69, 9.17) is 50.8 Å².